The summed E-state index contributed by atoms with van der Waals surface area (Å²) in [6.45, 7) is 4.07. The predicted octanol–water partition coefficient (Wildman–Crippen LogP) is 3.86. The molecule has 0 aliphatic carbocycles. The third-order valence-electron chi connectivity index (χ3n) is 6.42. The molecule has 0 radical (unpaired) electrons. The zero-order valence-electron chi connectivity index (χ0n) is 18.7. The summed E-state index contributed by atoms with van der Waals surface area (Å²) in [6.07, 6.45) is 5.45. The lowest BCUT2D eigenvalue weighted by molar-refractivity contribution is -0.135. The van der Waals surface area contributed by atoms with Crippen LogP contribution in [0.4, 0.5) is 0 Å². The quantitative estimate of drug-likeness (QED) is 0.695. The molecule has 0 saturated carbocycles. The highest BCUT2D eigenvalue weighted by Crippen LogP contribution is 2.38. The number of hydroxylamine groups is 1. The van der Waals surface area contributed by atoms with Crippen molar-refractivity contribution in [3.63, 3.8) is 0 Å². The van der Waals surface area contributed by atoms with Crippen LogP contribution in [-0.2, 0) is 16.8 Å². The summed E-state index contributed by atoms with van der Waals surface area (Å²) in [6, 6.07) is 17.5. The number of hydrogen-bond donors (Lipinski definition) is 0. The molecule has 1 unspecified atom stereocenters. The third kappa shape index (κ3) is 4.40. The Morgan fingerprint density at radius 3 is 2.75 bits per heavy atom. The first kappa shape index (κ1) is 21.7. The van der Waals surface area contributed by atoms with E-state index in [4.69, 9.17) is 10.1 Å². The molecule has 2 aromatic rings. The number of hydrazone groups is 1. The van der Waals surface area contributed by atoms with Gasteiger partial charge < -0.3 is 14.6 Å². The van der Waals surface area contributed by atoms with Gasteiger partial charge in [0.05, 0.1) is 17.0 Å². The van der Waals surface area contributed by atoms with Gasteiger partial charge in [-0.3, -0.25) is 4.79 Å². The highest BCUT2D eigenvalue weighted by Gasteiger charge is 2.41. The van der Waals surface area contributed by atoms with Crippen molar-refractivity contribution in [1.29, 1.82) is 5.26 Å². The highest BCUT2D eigenvalue weighted by molar-refractivity contribution is 5.88. The number of carbonyl (C=O) groups is 1. The Labute approximate surface area is 189 Å². The monoisotopic (exact) mass is 431 g/mol. The molecular weight excluding hydrogens is 402 g/mol. The van der Waals surface area contributed by atoms with Gasteiger partial charge in [0, 0.05) is 20.1 Å². The largest absolute Gasteiger partial charge is 0.361 e. The molecule has 4 rings (SSSR count). The number of rotatable bonds is 6. The minimum Gasteiger partial charge on any atom is -0.361 e. The van der Waals surface area contributed by atoms with E-state index in [1.54, 1.807) is 11.5 Å². The van der Waals surface area contributed by atoms with E-state index in [-0.39, 0.29) is 5.91 Å². The number of likely N-dealkylation sites (N-methyl/N-ethyl adjacent to an activating group) is 1. The number of likely N-dealkylation sites (tertiary alicyclic amines) is 1. The van der Waals surface area contributed by atoms with Crippen LogP contribution in [0.1, 0.15) is 49.3 Å². The Bertz CT molecular complexity index is 1030. The van der Waals surface area contributed by atoms with Crippen LogP contribution in [0.25, 0.3) is 0 Å². The van der Waals surface area contributed by atoms with E-state index in [0.717, 1.165) is 43.4 Å². The molecule has 0 bridgehead atoms. The third-order valence-corrected chi connectivity index (χ3v) is 6.42. The van der Waals surface area contributed by atoms with Crippen LogP contribution in [0.5, 0.6) is 5.75 Å². The molecule has 1 atom stereocenters. The van der Waals surface area contributed by atoms with Gasteiger partial charge in [-0.15, -0.1) is 10.3 Å². The lowest BCUT2D eigenvalue weighted by Gasteiger charge is -2.33. The SMILES string of the molecule is CCC1(c2cccc(ON3CN(Cc4ccc(C#N)cc4)C=N3)c2)CCCCN(C)C1=O. The first-order valence-electron chi connectivity index (χ1n) is 11.1. The zero-order valence-corrected chi connectivity index (χ0v) is 18.7. The van der Waals surface area contributed by atoms with Crippen molar-refractivity contribution in [2.24, 2.45) is 5.10 Å². The molecule has 0 aromatic heterocycles. The molecule has 7 heteroatoms. The molecule has 0 spiro atoms. The first-order valence-corrected chi connectivity index (χ1v) is 11.1. The van der Waals surface area contributed by atoms with Crippen molar-refractivity contribution in [1.82, 2.24) is 15.0 Å². The van der Waals surface area contributed by atoms with E-state index in [1.165, 1.54) is 0 Å². The Balaban J connectivity index is 1.43. The fraction of sp³-hybridized carbons (Fsp3) is 0.400. The Morgan fingerprint density at radius 1 is 1.19 bits per heavy atom. The molecule has 2 aliphatic rings. The number of nitriles is 1. The fourth-order valence-corrected chi connectivity index (χ4v) is 4.54. The van der Waals surface area contributed by atoms with Crippen LogP contribution < -0.4 is 4.84 Å². The van der Waals surface area contributed by atoms with Gasteiger partial charge in [-0.2, -0.15) is 5.26 Å². The first-order chi connectivity index (χ1) is 15.5. The minimum atomic E-state index is -0.499. The molecule has 2 heterocycles. The van der Waals surface area contributed by atoms with Crippen LogP contribution in [0.3, 0.4) is 0 Å². The minimum absolute atomic E-state index is 0.197. The fourth-order valence-electron chi connectivity index (χ4n) is 4.54. The molecule has 1 amide bonds. The van der Waals surface area contributed by atoms with E-state index in [2.05, 4.69) is 18.1 Å². The van der Waals surface area contributed by atoms with E-state index >= 15 is 0 Å². The summed E-state index contributed by atoms with van der Waals surface area (Å²) in [7, 11) is 1.90. The molecule has 1 fully saturated rings. The summed E-state index contributed by atoms with van der Waals surface area (Å²) in [4.78, 5) is 23.2. The number of benzene rings is 2. The van der Waals surface area contributed by atoms with Gasteiger partial charge in [0.1, 0.15) is 13.0 Å². The smallest absolute Gasteiger partial charge is 0.232 e. The van der Waals surface area contributed by atoms with Crippen molar-refractivity contribution in [3.8, 4) is 11.8 Å². The van der Waals surface area contributed by atoms with Crippen LogP contribution in [0.15, 0.2) is 53.6 Å². The molecule has 7 nitrogen and oxygen atoms in total. The van der Waals surface area contributed by atoms with Crippen molar-refractivity contribution >= 4 is 12.2 Å². The van der Waals surface area contributed by atoms with E-state index in [9.17, 15) is 4.79 Å². The van der Waals surface area contributed by atoms with E-state index in [0.29, 0.717) is 24.5 Å². The second kappa shape index (κ2) is 9.31. The van der Waals surface area contributed by atoms with Gasteiger partial charge in [0.15, 0.2) is 5.75 Å². The number of amides is 1. The Morgan fingerprint density at radius 2 is 2.00 bits per heavy atom. The summed E-state index contributed by atoms with van der Waals surface area (Å²) in [5.74, 6) is 0.870. The van der Waals surface area contributed by atoms with Gasteiger partial charge >= 0.3 is 0 Å². The normalized spacial score (nSPS) is 20.9. The summed E-state index contributed by atoms with van der Waals surface area (Å²) in [5, 5.41) is 14.8. The van der Waals surface area contributed by atoms with E-state index < -0.39 is 5.41 Å². The second-order valence-electron chi connectivity index (χ2n) is 8.52. The van der Waals surface area contributed by atoms with Gasteiger partial charge in [0.25, 0.3) is 0 Å². The summed E-state index contributed by atoms with van der Waals surface area (Å²) >= 11 is 0. The molecule has 166 valence electrons. The van der Waals surface area contributed by atoms with Crippen LogP contribution in [-0.4, -0.2) is 47.5 Å². The van der Waals surface area contributed by atoms with Crippen molar-refractivity contribution < 1.29 is 9.63 Å². The van der Waals surface area contributed by atoms with Crippen molar-refractivity contribution in [3.05, 3.63) is 65.2 Å². The molecule has 1 saturated heterocycles. The van der Waals surface area contributed by atoms with Crippen molar-refractivity contribution in [2.45, 2.75) is 44.6 Å². The maximum absolute atomic E-state index is 13.2. The Kier molecular flexibility index (Phi) is 6.31. The lowest BCUT2D eigenvalue weighted by Crippen LogP contribution is -2.43. The topological polar surface area (TPSA) is 72.2 Å². The van der Waals surface area contributed by atoms with Crippen LogP contribution in [0, 0.1) is 11.3 Å². The zero-order chi connectivity index (χ0) is 22.6. The van der Waals surface area contributed by atoms with Crippen LogP contribution >= 0.6 is 0 Å². The number of hydrogen-bond acceptors (Lipinski definition) is 6. The highest BCUT2D eigenvalue weighted by atomic mass is 16.7. The molecule has 2 aliphatic heterocycles. The number of nitrogens with zero attached hydrogens (tertiary/aromatic N) is 5. The number of carbonyl (C=O) groups excluding carboxylic acids is 1. The molecule has 2 aromatic carbocycles. The van der Waals surface area contributed by atoms with Crippen LogP contribution in [0.2, 0.25) is 0 Å². The van der Waals surface area contributed by atoms with Gasteiger partial charge in [0.2, 0.25) is 5.91 Å². The second-order valence-corrected chi connectivity index (χ2v) is 8.52. The Hall–Kier alpha value is -3.53. The average molecular weight is 432 g/mol. The van der Waals surface area contributed by atoms with E-state index in [1.807, 2.05) is 65.4 Å². The molecular formula is C25H29N5O2. The standard InChI is InChI=1S/C25H29N5O2/c1-3-25(13-4-5-14-28(2)24(25)31)22-7-6-8-23(15-22)32-30-19-29(18-27-30)17-21-11-9-20(16-26)10-12-21/h6-12,15,18H,3-5,13-14,17,19H2,1-2H3. The van der Waals surface area contributed by atoms with Gasteiger partial charge in [-0.1, -0.05) is 37.6 Å². The molecule has 32 heavy (non-hydrogen) atoms. The summed E-state index contributed by atoms with van der Waals surface area (Å²) in [5.41, 5.74) is 2.26. The maximum atomic E-state index is 13.2. The maximum Gasteiger partial charge on any atom is 0.232 e. The summed E-state index contributed by atoms with van der Waals surface area (Å²) < 4.78 is 0. The lowest BCUT2D eigenvalue weighted by atomic mass is 9.73. The van der Waals surface area contributed by atoms with Crippen molar-refractivity contribution in [2.75, 3.05) is 20.3 Å². The predicted molar refractivity (Wildman–Crippen MR) is 122 cm³/mol. The molecule has 0 N–H and O–H groups in total. The van der Waals surface area contributed by atoms with Gasteiger partial charge in [-0.05, 0) is 54.7 Å². The average Bonchev–Trinajstić information content (AvgIpc) is 3.19. The van der Waals surface area contributed by atoms with Gasteiger partial charge in [-0.25, -0.2) is 0 Å².